The van der Waals surface area contributed by atoms with Gasteiger partial charge in [0.25, 0.3) is 0 Å². The summed E-state index contributed by atoms with van der Waals surface area (Å²) in [6.07, 6.45) is 5.70. The van der Waals surface area contributed by atoms with Gasteiger partial charge in [-0.3, -0.25) is 14.2 Å². The smallest absolute Gasteiger partial charge is 0.226 e. The summed E-state index contributed by atoms with van der Waals surface area (Å²) in [7, 11) is 0. The summed E-state index contributed by atoms with van der Waals surface area (Å²) < 4.78 is 3.68. The number of rotatable bonds is 6. The zero-order chi connectivity index (χ0) is 18.6. The van der Waals surface area contributed by atoms with Gasteiger partial charge in [-0.25, -0.2) is 0 Å². The minimum atomic E-state index is -0.0514. The monoisotopic (exact) mass is 359 g/mol. The van der Waals surface area contributed by atoms with E-state index in [4.69, 9.17) is 0 Å². The van der Waals surface area contributed by atoms with E-state index in [2.05, 4.69) is 46.7 Å². The van der Waals surface area contributed by atoms with E-state index in [0.717, 1.165) is 10.9 Å². The molecule has 0 fully saturated rings. The second-order valence-corrected chi connectivity index (χ2v) is 6.64. The number of aromatic nitrogens is 4. The SMILES string of the molecule is Cc1ccc(Cn2cc(NC(=O)CCn3ncc4ccccc43)cn2)cc1. The van der Waals surface area contributed by atoms with Crippen LogP contribution in [0.4, 0.5) is 5.69 Å². The average molecular weight is 359 g/mol. The fourth-order valence-corrected chi connectivity index (χ4v) is 3.03. The van der Waals surface area contributed by atoms with E-state index in [0.29, 0.717) is 25.2 Å². The Kier molecular flexibility index (Phi) is 4.70. The van der Waals surface area contributed by atoms with Crippen molar-refractivity contribution in [3.63, 3.8) is 0 Å². The van der Waals surface area contributed by atoms with E-state index in [9.17, 15) is 4.79 Å². The second-order valence-electron chi connectivity index (χ2n) is 6.64. The Morgan fingerprint density at radius 2 is 1.85 bits per heavy atom. The third-order valence-electron chi connectivity index (χ3n) is 4.48. The third-order valence-corrected chi connectivity index (χ3v) is 4.48. The van der Waals surface area contributed by atoms with Crippen molar-refractivity contribution in [2.45, 2.75) is 26.4 Å². The fraction of sp³-hybridized carbons (Fsp3) is 0.190. The Morgan fingerprint density at radius 1 is 1.04 bits per heavy atom. The summed E-state index contributed by atoms with van der Waals surface area (Å²) in [5, 5.41) is 12.7. The van der Waals surface area contributed by atoms with Gasteiger partial charge in [0, 0.05) is 18.0 Å². The molecule has 0 radical (unpaired) electrons. The predicted molar refractivity (Wildman–Crippen MR) is 105 cm³/mol. The number of para-hydroxylation sites is 1. The molecule has 0 bridgehead atoms. The van der Waals surface area contributed by atoms with Gasteiger partial charge in [0.1, 0.15) is 0 Å². The van der Waals surface area contributed by atoms with Gasteiger partial charge in [-0.15, -0.1) is 0 Å². The normalized spacial score (nSPS) is 11.0. The number of nitrogens with one attached hydrogen (secondary N) is 1. The quantitative estimate of drug-likeness (QED) is 0.572. The van der Waals surface area contributed by atoms with Crippen LogP contribution in [0.5, 0.6) is 0 Å². The molecule has 6 heteroatoms. The topological polar surface area (TPSA) is 64.7 Å². The Bertz CT molecular complexity index is 1060. The maximum atomic E-state index is 12.3. The van der Waals surface area contributed by atoms with E-state index in [-0.39, 0.29) is 5.91 Å². The lowest BCUT2D eigenvalue weighted by molar-refractivity contribution is -0.116. The van der Waals surface area contributed by atoms with Gasteiger partial charge in [-0.2, -0.15) is 10.2 Å². The molecule has 0 unspecified atom stereocenters. The van der Waals surface area contributed by atoms with Crippen molar-refractivity contribution in [2.24, 2.45) is 0 Å². The molecule has 0 aliphatic rings. The summed E-state index contributed by atoms with van der Waals surface area (Å²) in [4.78, 5) is 12.3. The summed E-state index contributed by atoms with van der Waals surface area (Å²) in [5.41, 5.74) is 4.15. The van der Waals surface area contributed by atoms with E-state index in [1.54, 1.807) is 6.20 Å². The van der Waals surface area contributed by atoms with Crippen molar-refractivity contribution >= 4 is 22.5 Å². The number of carbonyl (C=O) groups is 1. The van der Waals surface area contributed by atoms with Gasteiger partial charge in [0.05, 0.1) is 36.7 Å². The number of amides is 1. The lowest BCUT2D eigenvalue weighted by Crippen LogP contribution is -2.14. The molecule has 1 amide bonds. The van der Waals surface area contributed by atoms with Crippen LogP contribution in [-0.2, 0) is 17.9 Å². The highest BCUT2D eigenvalue weighted by Gasteiger charge is 2.08. The van der Waals surface area contributed by atoms with Crippen LogP contribution in [0, 0.1) is 6.92 Å². The molecule has 2 aromatic carbocycles. The molecule has 1 N–H and O–H groups in total. The molecule has 6 nitrogen and oxygen atoms in total. The van der Waals surface area contributed by atoms with Crippen molar-refractivity contribution in [1.82, 2.24) is 19.6 Å². The van der Waals surface area contributed by atoms with Crippen LogP contribution in [0.2, 0.25) is 0 Å². The molecule has 4 aromatic rings. The molecule has 0 saturated heterocycles. The van der Waals surface area contributed by atoms with Crippen molar-refractivity contribution in [1.29, 1.82) is 0 Å². The molecule has 4 rings (SSSR count). The molecule has 0 aliphatic heterocycles. The molecule has 27 heavy (non-hydrogen) atoms. The molecule has 0 spiro atoms. The second kappa shape index (κ2) is 7.45. The number of fused-ring (bicyclic) bond motifs is 1. The van der Waals surface area contributed by atoms with Gasteiger partial charge in [-0.1, -0.05) is 48.0 Å². The number of hydrogen-bond donors (Lipinski definition) is 1. The van der Waals surface area contributed by atoms with E-state index >= 15 is 0 Å². The molecular weight excluding hydrogens is 338 g/mol. The standard InChI is InChI=1S/C21H21N5O/c1-16-6-8-17(9-7-16)14-25-15-19(13-22-25)24-21(27)10-11-26-20-5-3-2-4-18(20)12-23-26/h2-9,12-13,15H,10-11,14H2,1H3,(H,24,27). The Morgan fingerprint density at radius 3 is 2.70 bits per heavy atom. The van der Waals surface area contributed by atoms with E-state index in [1.165, 1.54) is 11.1 Å². The predicted octanol–water partition coefficient (Wildman–Crippen LogP) is 3.62. The highest BCUT2D eigenvalue weighted by Crippen LogP contribution is 2.14. The summed E-state index contributed by atoms with van der Waals surface area (Å²) in [6, 6.07) is 16.3. The van der Waals surface area contributed by atoms with Crippen LogP contribution in [0.3, 0.4) is 0 Å². The number of carbonyl (C=O) groups excluding carboxylic acids is 1. The number of benzene rings is 2. The highest BCUT2D eigenvalue weighted by molar-refractivity contribution is 5.90. The zero-order valence-corrected chi connectivity index (χ0v) is 15.2. The summed E-state index contributed by atoms with van der Waals surface area (Å²) in [6.45, 7) is 3.28. The number of anilines is 1. The van der Waals surface area contributed by atoms with Crippen molar-refractivity contribution in [3.8, 4) is 0 Å². The van der Waals surface area contributed by atoms with Crippen LogP contribution in [0.15, 0.2) is 67.1 Å². The summed E-state index contributed by atoms with van der Waals surface area (Å²) >= 11 is 0. The fourth-order valence-electron chi connectivity index (χ4n) is 3.03. The van der Waals surface area contributed by atoms with Crippen molar-refractivity contribution < 1.29 is 4.79 Å². The third kappa shape index (κ3) is 4.06. The lowest BCUT2D eigenvalue weighted by atomic mass is 10.1. The molecule has 0 saturated carbocycles. The van der Waals surface area contributed by atoms with Gasteiger partial charge in [0.15, 0.2) is 0 Å². The first-order valence-corrected chi connectivity index (χ1v) is 8.96. The number of aryl methyl sites for hydroxylation is 2. The minimum Gasteiger partial charge on any atom is -0.323 e. The molecule has 136 valence electrons. The van der Waals surface area contributed by atoms with Crippen molar-refractivity contribution in [2.75, 3.05) is 5.32 Å². The van der Waals surface area contributed by atoms with Crippen LogP contribution in [0.1, 0.15) is 17.5 Å². The maximum Gasteiger partial charge on any atom is 0.226 e. The largest absolute Gasteiger partial charge is 0.323 e. The molecular formula is C21H21N5O. The van der Waals surface area contributed by atoms with E-state index < -0.39 is 0 Å². The highest BCUT2D eigenvalue weighted by atomic mass is 16.1. The zero-order valence-electron chi connectivity index (χ0n) is 15.2. The molecule has 0 atom stereocenters. The van der Waals surface area contributed by atoms with Crippen molar-refractivity contribution in [3.05, 3.63) is 78.2 Å². The van der Waals surface area contributed by atoms with Gasteiger partial charge in [-0.05, 0) is 18.6 Å². The van der Waals surface area contributed by atoms with Crippen LogP contribution >= 0.6 is 0 Å². The first-order valence-electron chi connectivity index (χ1n) is 8.96. The van der Waals surface area contributed by atoms with Gasteiger partial charge < -0.3 is 5.32 Å². The minimum absolute atomic E-state index is 0.0514. The average Bonchev–Trinajstić information content (AvgIpc) is 3.29. The first-order chi connectivity index (χ1) is 13.2. The molecule has 2 aromatic heterocycles. The van der Waals surface area contributed by atoms with Gasteiger partial charge >= 0.3 is 0 Å². The van der Waals surface area contributed by atoms with Crippen LogP contribution in [0.25, 0.3) is 10.9 Å². The molecule has 2 heterocycles. The Labute approximate surface area is 157 Å². The van der Waals surface area contributed by atoms with Gasteiger partial charge in [0.2, 0.25) is 5.91 Å². The molecule has 0 aliphatic carbocycles. The Balaban J connectivity index is 1.33. The number of hydrogen-bond acceptors (Lipinski definition) is 3. The Hall–Kier alpha value is -3.41. The van der Waals surface area contributed by atoms with E-state index in [1.807, 2.05) is 46.0 Å². The lowest BCUT2D eigenvalue weighted by Gasteiger charge is -2.05. The number of nitrogens with zero attached hydrogens (tertiary/aromatic N) is 4. The first kappa shape index (κ1) is 17.0. The van der Waals surface area contributed by atoms with Crippen LogP contribution < -0.4 is 5.32 Å². The summed E-state index contributed by atoms with van der Waals surface area (Å²) in [5.74, 6) is -0.0514. The maximum absolute atomic E-state index is 12.3. The van der Waals surface area contributed by atoms with Crippen LogP contribution in [-0.4, -0.2) is 25.5 Å².